The van der Waals surface area contributed by atoms with E-state index < -0.39 is 0 Å². The van der Waals surface area contributed by atoms with Crippen molar-refractivity contribution >= 4 is 0 Å². The molecule has 12 N–H and O–H groups in total. The Morgan fingerprint density at radius 3 is 1.73 bits per heavy atom. The Labute approximate surface area is 242 Å². The van der Waals surface area contributed by atoms with E-state index in [-0.39, 0.29) is 18.8 Å². The van der Waals surface area contributed by atoms with E-state index >= 15 is 0 Å². The van der Waals surface area contributed by atoms with E-state index in [2.05, 4.69) is 36.5 Å². The fourth-order valence-electron chi connectivity index (χ4n) is 5.55. The maximum atomic E-state index is 9.15. The van der Waals surface area contributed by atoms with Crippen LogP contribution in [-0.4, -0.2) is 164 Å². The molecule has 0 aromatic heterocycles. The number of nitrogens with two attached hydrogens (primary N) is 2. The maximum absolute atomic E-state index is 9.15. The summed E-state index contributed by atoms with van der Waals surface area (Å²) < 4.78 is 0. The molecule has 5 saturated heterocycles. The summed E-state index contributed by atoms with van der Waals surface area (Å²) in [7, 11) is 0. The third-order valence-electron chi connectivity index (χ3n) is 8.03. The van der Waals surface area contributed by atoms with Crippen molar-refractivity contribution in [1.29, 1.82) is 0 Å². The van der Waals surface area contributed by atoms with Crippen molar-refractivity contribution in [2.24, 2.45) is 17.5 Å². The second-order valence-electron chi connectivity index (χ2n) is 11.1. The van der Waals surface area contributed by atoms with Crippen molar-refractivity contribution in [3.63, 3.8) is 0 Å². The van der Waals surface area contributed by atoms with Crippen molar-refractivity contribution in [2.75, 3.05) is 105 Å². The van der Waals surface area contributed by atoms with Crippen molar-refractivity contribution in [2.45, 2.75) is 63.3 Å². The van der Waals surface area contributed by atoms with E-state index in [0.29, 0.717) is 18.7 Å². The predicted octanol–water partition coefficient (Wildman–Crippen LogP) is -2.64. The first-order valence-electron chi connectivity index (χ1n) is 15.4. The minimum absolute atomic E-state index is 0.0266. The van der Waals surface area contributed by atoms with Gasteiger partial charge in [0.2, 0.25) is 0 Å². The quantitative estimate of drug-likeness (QED) is 0.147. The lowest BCUT2D eigenvalue weighted by Gasteiger charge is -2.45. The Balaban J connectivity index is 0.000000290. The molecule has 5 aliphatic rings. The van der Waals surface area contributed by atoms with Crippen molar-refractivity contribution < 1.29 is 25.6 Å². The van der Waals surface area contributed by atoms with Crippen molar-refractivity contribution in [1.82, 2.24) is 30.7 Å². The molecule has 5 aliphatic heterocycles. The molecule has 240 valence electrons. The van der Waals surface area contributed by atoms with E-state index in [4.69, 9.17) is 31.4 Å². The summed E-state index contributed by atoms with van der Waals surface area (Å²) in [5, 5.41) is 51.9. The number of piperazine rings is 1. The zero-order valence-electron chi connectivity index (χ0n) is 24.8. The first kappa shape index (κ1) is 37.5. The summed E-state index contributed by atoms with van der Waals surface area (Å²) >= 11 is 0. The second-order valence-corrected chi connectivity index (χ2v) is 11.1. The van der Waals surface area contributed by atoms with Crippen LogP contribution in [0.4, 0.5) is 0 Å². The molecule has 0 aromatic rings. The standard InChI is InChI=1S/C12H25N3O2.C6H14N2.C5H11NO.C4H9NO.H3NO/c16-8-7-15-6-3-13-9-12(15)14-4-1-11(10-17)2-5-14;7-3-6-8-4-1-2-5-8;7-5-1-3-6-4-2-5;6-4-1-2-5-3-4;1-2/h11-13,16-17H,1-10H2;1-7H2;5-7H,1-4H2;4-6H,1-3H2;2H,1H2. The lowest BCUT2D eigenvalue weighted by Crippen LogP contribution is -2.61. The van der Waals surface area contributed by atoms with Gasteiger partial charge in [-0.05, 0) is 83.6 Å². The topological polar surface area (TPSA) is 199 Å². The summed E-state index contributed by atoms with van der Waals surface area (Å²) in [4.78, 5) is 7.28. The largest absolute Gasteiger partial charge is 0.396 e. The highest BCUT2D eigenvalue weighted by Crippen LogP contribution is 2.20. The third-order valence-corrected chi connectivity index (χ3v) is 8.03. The molecule has 40 heavy (non-hydrogen) atoms. The lowest BCUT2D eigenvalue weighted by atomic mass is 9.97. The van der Waals surface area contributed by atoms with Crippen LogP contribution < -0.4 is 27.6 Å². The predicted molar refractivity (Wildman–Crippen MR) is 159 cm³/mol. The molecular weight excluding hydrogens is 516 g/mol. The van der Waals surface area contributed by atoms with Crippen LogP contribution in [0.1, 0.15) is 44.9 Å². The third kappa shape index (κ3) is 16.8. The van der Waals surface area contributed by atoms with Gasteiger partial charge in [0, 0.05) is 65.5 Å². The van der Waals surface area contributed by atoms with Gasteiger partial charge in [-0.25, -0.2) is 5.90 Å². The molecule has 0 radical (unpaired) electrons. The number of aliphatic hydroxyl groups is 4. The number of piperidine rings is 2. The zero-order valence-corrected chi connectivity index (χ0v) is 24.8. The van der Waals surface area contributed by atoms with Crippen LogP contribution in [0.2, 0.25) is 0 Å². The van der Waals surface area contributed by atoms with Crippen molar-refractivity contribution in [3.8, 4) is 0 Å². The molecule has 5 heterocycles. The minimum Gasteiger partial charge on any atom is -0.396 e. The van der Waals surface area contributed by atoms with Gasteiger partial charge in [0.15, 0.2) is 0 Å². The highest BCUT2D eigenvalue weighted by molar-refractivity contribution is 4.83. The molecule has 5 fully saturated rings. The van der Waals surface area contributed by atoms with E-state index in [1.165, 1.54) is 25.9 Å². The first-order chi connectivity index (χ1) is 19.6. The Hall–Kier alpha value is -0.520. The van der Waals surface area contributed by atoms with E-state index in [1.807, 2.05) is 0 Å². The molecule has 0 aliphatic carbocycles. The Morgan fingerprint density at radius 2 is 1.27 bits per heavy atom. The molecule has 0 aromatic carbocycles. The number of rotatable bonds is 6. The lowest BCUT2D eigenvalue weighted by molar-refractivity contribution is -0.00876. The number of nitrogens with one attached hydrogen (secondary N) is 3. The van der Waals surface area contributed by atoms with Crippen LogP contribution in [0, 0.1) is 5.92 Å². The SMILES string of the molecule is NCCN1CCCC1.NO.OC1CCNC1.OC1CCNCC1.OCCN1CCNCC1N1CCC(CO)CC1. The highest BCUT2D eigenvalue weighted by Gasteiger charge is 2.30. The summed E-state index contributed by atoms with van der Waals surface area (Å²) in [5.41, 5.74) is 5.37. The molecule has 0 saturated carbocycles. The Bertz CT molecular complexity index is 543. The van der Waals surface area contributed by atoms with Gasteiger partial charge in [0.25, 0.3) is 0 Å². The molecule has 5 rings (SSSR count). The van der Waals surface area contributed by atoms with Gasteiger partial charge < -0.3 is 52.2 Å². The molecule has 0 bridgehead atoms. The summed E-state index contributed by atoms with van der Waals surface area (Å²) in [6, 6.07) is 0. The van der Waals surface area contributed by atoms with Crippen LogP contribution in [0.25, 0.3) is 0 Å². The highest BCUT2D eigenvalue weighted by atomic mass is 16.4. The van der Waals surface area contributed by atoms with Gasteiger partial charge in [0.1, 0.15) is 0 Å². The summed E-state index contributed by atoms with van der Waals surface area (Å²) in [6.45, 7) is 14.7. The number of aliphatic hydroxyl groups excluding tert-OH is 4. The monoisotopic (exact) mass is 578 g/mol. The van der Waals surface area contributed by atoms with Crippen LogP contribution in [0.15, 0.2) is 0 Å². The van der Waals surface area contributed by atoms with E-state index in [0.717, 1.165) is 111 Å². The average molecular weight is 579 g/mol. The van der Waals surface area contributed by atoms with Gasteiger partial charge in [-0.15, -0.1) is 0 Å². The van der Waals surface area contributed by atoms with Gasteiger partial charge in [-0.2, -0.15) is 0 Å². The average Bonchev–Trinajstić information content (AvgIpc) is 3.71. The molecule has 2 atom stereocenters. The van der Waals surface area contributed by atoms with Gasteiger partial charge in [-0.1, -0.05) is 0 Å². The van der Waals surface area contributed by atoms with Crippen LogP contribution in [0.3, 0.4) is 0 Å². The summed E-state index contributed by atoms with van der Waals surface area (Å²) in [5.74, 6) is 3.99. The van der Waals surface area contributed by atoms with Crippen LogP contribution in [0.5, 0.6) is 0 Å². The molecule has 0 spiro atoms. The molecule has 0 amide bonds. The van der Waals surface area contributed by atoms with Crippen LogP contribution >= 0.6 is 0 Å². The van der Waals surface area contributed by atoms with Gasteiger partial charge in [-0.3, -0.25) is 9.80 Å². The number of hydrogen-bond donors (Lipinski definition) is 10. The van der Waals surface area contributed by atoms with Crippen LogP contribution in [-0.2, 0) is 0 Å². The number of β-amino-alcohol motifs (C(OH)–C–C–N with tert-alkyl or cyclic N) is 2. The number of nitrogens with zero attached hydrogens (tertiary/aromatic N) is 3. The molecule has 13 nitrogen and oxygen atoms in total. The fraction of sp³-hybridized carbons (Fsp3) is 1.00. The molecule has 13 heteroatoms. The van der Waals surface area contributed by atoms with Gasteiger partial charge >= 0.3 is 0 Å². The Kier molecular flexibility index (Phi) is 23.5. The zero-order chi connectivity index (χ0) is 29.4. The van der Waals surface area contributed by atoms with E-state index in [1.54, 1.807) is 0 Å². The number of likely N-dealkylation sites (tertiary alicyclic amines) is 2. The van der Waals surface area contributed by atoms with Crippen molar-refractivity contribution in [3.05, 3.63) is 0 Å². The Morgan fingerprint density at radius 1 is 0.675 bits per heavy atom. The second kappa shape index (κ2) is 25.0. The first-order valence-corrected chi connectivity index (χ1v) is 15.4. The van der Waals surface area contributed by atoms with E-state index in [9.17, 15) is 0 Å². The normalized spacial score (nSPS) is 26.8. The molecule has 2 unspecified atom stereocenters. The number of hydrogen-bond acceptors (Lipinski definition) is 13. The minimum atomic E-state index is -0.0648. The molecular formula is C27H62N8O5. The smallest absolute Gasteiger partial charge is 0.0752 e. The maximum Gasteiger partial charge on any atom is 0.0752 e. The van der Waals surface area contributed by atoms with Gasteiger partial charge in [0.05, 0.1) is 25.0 Å². The summed E-state index contributed by atoms with van der Waals surface area (Å²) in [6.07, 6.45) is 8.07. The fourth-order valence-corrected chi connectivity index (χ4v) is 5.55.